The van der Waals surface area contributed by atoms with Crippen LogP contribution in [0.1, 0.15) is 16.8 Å². The van der Waals surface area contributed by atoms with Crippen molar-refractivity contribution in [1.29, 1.82) is 5.26 Å². The topological polar surface area (TPSA) is 135 Å². The summed E-state index contributed by atoms with van der Waals surface area (Å²) in [5.74, 6) is 0.458. The monoisotopic (exact) mass is 398 g/mol. The lowest BCUT2D eigenvalue weighted by Gasteiger charge is -2.12. The summed E-state index contributed by atoms with van der Waals surface area (Å²) in [4.78, 5) is 30.2. The van der Waals surface area contributed by atoms with Gasteiger partial charge in [0, 0.05) is 25.4 Å². The third-order valence-corrected chi connectivity index (χ3v) is 4.62. The van der Waals surface area contributed by atoms with E-state index in [1.807, 2.05) is 31.2 Å². The zero-order chi connectivity index (χ0) is 21.1. The summed E-state index contributed by atoms with van der Waals surface area (Å²) in [5, 5.41) is 12.4. The number of anilines is 2. The number of nitrogens with two attached hydrogens (primary N) is 1. The summed E-state index contributed by atoms with van der Waals surface area (Å²) in [5.41, 5.74) is 8.92. The Balaban J connectivity index is 1.73. The Morgan fingerprint density at radius 1 is 1.23 bits per heavy atom. The van der Waals surface area contributed by atoms with Gasteiger partial charge >= 0.3 is 0 Å². The minimum Gasteiger partial charge on any atom is -0.382 e. The largest absolute Gasteiger partial charge is 0.382 e. The number of aromatic nitrogens is 5. The lowest BCUT2D eigenvalue weighted by Crippen LogP contribution is -2.21. The minimum atomic E-state index is -0.183. The van der Waals surface area contributed by atoms with Crippen molar-refractivity contribution in [2.45, 2.75) is 13.3 Å². The molecule has 148 valence electrons. The zero-order valence-electron chi connectivity index (χ0n) is 16.2. The number of pyridine rings is 2. The van der Waals surface area contributed by atoms with Crippen LogP contribution in [0, 0.1) is 18.3 Å². The van der Waals surface area contributed by atoms with Crippen molar-refractivity contribution in [3.63, 3.8) is 0 Å². The molecule has 4 heterocycles. The molecular formula is C21H18N8O. The summed E-state index contributed by atoms with van der Waals surface area (Å²) < 4.78 is 1.51. The lowest BCUT2D eigenvalue weighted by atomic mass is 10.1. The summed E-state index contributed by atoms with van der Waals surface area (Å²) in [6, 6.07) is 11.1. The highest BCUT2D eigenvalue weighted by molar-refractivity contribution is 5.64. The predicted molar refractivity (Wildman–Crippen MR) is 113 cm³/mol. The predicted octanol–water partition coefficient (Wildman–Crippen LogP) is 1.96. The number of hydrogen-bond donors (Lipinski definition) is 2. The first-order valence-electron chi connectivity index (χ1n) is 9.26. The van der Waals surface area contributed by atoms with Crippen molar-refractivity contribution >= 4 is 17.3 Å². The third-order valence-electron chi connectivity index (χ3n) is 4.62. The summed E-state index contributed by atoms with van der Waals surface area (Å²) in [7, 11) is 0. The molecule has 30 heavy (non-hydrogen) atoms. The number of hydrogen-bond acceptors (Lipinski definition) is 8. The second kappa shape index (κ2) is 7.97. The number of fused-ring (bicyclic) bond motifs is 1. The minimum absolute atomic E-state index is 0.113. The average Bonchev–Trinajstić information content (AvgIpc) is 2.74. The average molecular weight is 398 g/mol. The highest BCUT2D eigenvalue weighted by Crippen LogP contribution is 2.20. The van der Waals surface area contributed by atoms with Gasteiger partial charge in [-0.05, 0) is 36.8 Å². The molecule has 0 aliphatic rings. The Hall–Kier alpha value is -4.32. The van der Waals surface area contributed by atoms with E-state index in [0.29, 0.717) is 41.4 Å². The van der Waals surface area contributed by atoms with Crippen molar-refractivity contribution in [3.05, 3.63) is 76.2 Å². The quantitative estimate of drug-likeness (QED) is 0.521. The van der Waals surface area contributed by atoms with Gasteiger partial charge in [0.25, 0.3) is 5.56 Å². The Bertz CT molecular complexity index is 1340. The molecule has 0 saturated carbocycles. The molecule has 0 bridgehead atoms. The van der Waals surface area contributed by atoms with E-state index in [1.54, 1.807) is 24.5 Å². The molecular weight excluding hydrogens is 380 g/mol. The maximum Gasteiger partial charge on any atom is 0.267 e. The molecule has 0 saturated heterocycles. The van der Waals surface area contributed by atoms with Crippen LogP contribution in [0.3, 0.4) is 0 Å². The van der Waals surface area contributed by atoms with E-state index in [9.17, 15) is 10.1 Å². The number of aryl methyl sites for hydroxylation is 1. The molecule has 9 heteroatoms. The standard InChI is InChI=1S/C21H18N8O/c1-13-5-7-24-16(10-13)18-15(28-17-4-2-3-9-29(17)21(18)30)6-8-25-20-14(11-22)19(23)26-12-27-20/h2-5,7,9-10,12H,6,8H2,1H3,(H3,23,25,26,27). The van der Waals surface area contributed by atoms with E-state index in [-0.39, 0.29) is 16.9 Å². The molecule has 0 unspecified atom stereocenters. The lowest BCUT2D eigenvalue weighted by molar-refractivity contribution is 0.922. The fourth-order valence-electron chi connectivity index (χ4n) is 3.19. The Morgan fingerprint density at radius 3 is 2.90 bits per heavy atom. The van der Waals surface area contributed by atoms with Gasteiger partial charge in [-0.25, -0.2) is 15.0 Å². The molecule has 0 amide bonds. The Kier molecular flexibility index (Phi) is 5.05. The van der Waals surface area contributed by atoms with E-state index < -0.39 is 0 Å². The summed E-state index contributed by atoms with van der Waals surface area (Å²) >= 11 is 0. The smallest absolute Gasteiger partial charge is 0.267 e. The van der Waals surface area contributed by atoms with Crippen LogP contribution in [0.2, 0.25) is 0 Å². The molecule has 9 nitrogen and oxygen atoms in total. The first kappa shape index (κ1) is 19.0. The van der Waals surface area contributed by atoms with Crippen LogP contribution >= 0.6 is 0 Å². The molecule has 0 aliphatic heterocycles. The van der Waals surface area contributed by atoms with Crippen LogP contribution in [0.4, 0.5) is 11.6 Å². The van der Waals surface area contributed by atoms with E-state index in [2.05, 4.69) is 20.3 Å². The van der Waals surface area contributed by atoms with Gasteiger partial charge in [-0.15, -0.1) is 0 Å². The van der Waals surface area contributed by atoms with Crippen LogP contribution in [-0.2, 0) is 6.42 Å². The second-order valence-electron chi connectivity index (χ2n) is 6.66. The van der Waals surface area contributed by atoms with Crippen molar-refractivity contribution in [2.75, 3.05) is 17.6 Å². The highest BCUT2D eigenvalue weighted by Gasteiger charge is 2.16. The van der Waals surface area contributed by atoms with E-state index in [0.717, 1.165) is 5.56 Å². The van der Waals surface area contributed by atoms with Crippen LogP contribution in [0.5, 0.6) is 0 Å². The molecule has 0 spiro atoms. The molecule has 4 rings (SSSR count). The number of rotatable bonds is 5. The second-order valence-corrected chi connectivity index (χ2v) is 6.66. The highest BCUT2D eigenvalue weighted by atomic mass is 16.1. The first-order valence-corrected chi connectivity index (χ1v) is 9.26. The van der Waals surface area contributed by atoms with Gasteiger partial charge in [0.1, 0.15) is 35.2 Å². The molecule has 3 N–H and O–H groups in total. The van der Waals surface area contributed by atoms with E-state index in [1.165, 1.54) is 10.7 Å². The maximum absolute atomic E-state index is 13.2. The normalized spacial score (nSPS) is 10.7. The zero-order valence-corrected chi connectivity index (χ0v) is 16.2. The van der Waals surface area contributed by atoms with Crippen LogP contribution in [0.15, 0.2) is 53.8 Å². The number of nitriles is 1. The van der Waals surface area contributed by atoms with Gasteiger partial charge in [-0.3, -0.25) is 14.2 Å². The molecule has 0 fully saturated rings. The SMILES string of the molecule is Cc1ccnc(-c2c(CCNc3ncnc(N)c3C#N)nc3ccccn3c2=O)c1. The van der Waals surface area contributed by atoms with Crippen molar-refractivity contribution in [2.24, 2.45) is 0 Å². The van der Waals surface area contributed by atoms with Gasteiger partial charge in [-0.2, -0.15) is 5.26 Å². The number of nitrogens with zero attached hydrogens (tertiary/aromatic N) is 6. The van der Waals surface area contributed by atoms with Gasteiger partial charge in [0.05, 0.1) is 17.0 Å². The van der Waals surface area contributed by atoms with Crippen LogP contribution in [0.25, 0.3) is 16.9 Å². The molecule has 4 aromatic heterocycles. The Labute approximate surface area is 171 Å². The first-order chi connectivity index (χ1) is 14.6. The van der Waals surface area contributed by atoms with Crippen LogP contribution < -0.4 is 16.6 Å². The van der Waals surface area contributed by atoms with Crippen molar-refractivity contribution < 1.29 is 0 Å². The fraction of sp³-hybridized carbons (Fsp3) is 0.143. The number of nitrogen functional groups attached to an aromatic ring is 1. The molecule has 0 aliphatic carbocycles. The molecule has 0 aromatic carbocycles. The molecule has 4 aromatic rings. The van der Waals surface area contributed by atoms with Crippen molar-refractivity contribution in [3.8, 4) is 17.3 Å². The van der Waals surface area contributed by atoms with Gasteiger partial charge in [0.15, 0.2) is 0 Å². The van der Waals surface area contributed by atoms with Crippen molar-refractivity contribution in [1.82, 2.24) is 24.3 Å². The van der Waals surface area contributed by atoms with Gasteiger partial charge in [-0.1, -0.05) is 6.07 Å². The number of nitrogens with one attached hydrogen (secondary N) is 1. The maximum atomic E-state index is 13.2. The summed E-state index contributed by atoms with van der Waals surface area (Å²) in [6.45, 7) is 2.33. The van der Waals surface area contributed by atoms with Crippen LogP contribution in [-0.4, -0.2) is 30.9 Å². The molecule has 0 atom stereocenters. The molecule has 0 radical (unpaired) electrons. The summed E-state index contributed by atoms with van der Waals surface area (Å²) in [6.07, 6.45) is 5.07. The van der Waals surface area contributed by atoms with Gasteiger partial charge in [0.2, 0.25) is 0 Å². The Morgan fingerprint density at radius 2 is 2.10 bits per heavy atom. The van der Waals surface area contributed by atoms with E-state index >= 15 is 0 Å². The van der Waals surface area contributed by atoms with Gasteiger partial charge < -0.3 is 11.1 Å². The fourth-order valence-corrected chi connectivity index (χ4v) is 3.19. The third kappa shape index (κ3) is 3.54. The van der Waals surface area contributed by atoms with E-state index in [4.69, 9.17) is 10.7 Å².